The Bertz CT molecular complexity index is 689. The zero-order valence-corrected chi connectivity index (χ0v) is 12.2. The molecule has 0 fully saturated rings. The second-order valence-corrected chi connectivity index (χ2v) is 6.28. The highest BCUT2D eigenvalue weighted by atomic mass is 35.5. The first-order valence-corrected chi connectivity index (χ1v) is 8.00. The van der Waals surface area contributed by atoms with Crippen LogP contribution in [0.4, 0.5) is 11.6 Å². The van der Waals surface area contributed by atoms with Crippen LogP contribution in [0.25, 0.3) is 0 Å². The molecule has 2 aromatic rings. The van der Waals surface area contributed by atoms with Gasteiger partial charge in [-0.1, -0.05) is 29.8 Å². The van der Waals surface area contributed by atoms with E-state index >= 15 is 0 Å². The van der Waals surface area contributed by atoms with Crippen molar-refractivity contribution in [3.05, 3.63) is 47.0 Å². The fraction of sp³-hybridized carbons (Fsp3) is 0.167. The lowest BCUT2D eigenvalue weighted by Gasteiger charge is -2.07. The summed E-state index contributed by atoms with van der Waals surface area (Å²) in [5.41, 5.74) is 0.939. The third kappa shape index (κ3) is 4.36. The van der Waals surface area contributed by atoms with E-state index in [2.05, 4.69) is 20.2 Å². The summed E-state index contributed by atoms with van der Waals surface area (Å²) >= 11 is 6.04. The third-order valence-electron chi connectivity index (χ3n) is 2.37. The molecular formula is C12H13ClN4O2S. The van der Waals surface area contributed by atoms with Gasteiger partial charge < -0.3 is 5.32 Å². The second-order valence-electron chi connectivity index (χ2n) is 4.12. The smallest absolute Gasteiger partial charge is 0.231 e. The first-order chi connectivity index (χ1) is 9.44. The predicted octanol–water partition coefficient (Wildman–Crippen LogP) is 2.11. The van der Waals surface area contributed by atoms with E-state index in [1.54, 1.807) is 6.07 Å². The van der Waals surface area contributed by atoms with Crippen LogP contribution in [0.1, 0.15) is 5.56 Å². The fourth-order valence-electron chi connectivity index (χ4n) is 1.50. The first-order valence-electron chi connectivity index (χ1n) is 5.73. The number of nitrogens with zero attached hydrogens (tertiary/aromatic N) is 2. The van der Waals surface area contributed by atoms with E-state index in [4.69, 9.17) is 11.6 Å². The molecule has 1 heterocycles. The maximum absolute atomic E-state index is 11.0. The Morgan fingerprint density at radius 1 is 1.10 bits per heavy atom. The van der Waals surface area contributed by atoms with Gasteiger partial charge in [-0.15, -0.1) is 10.2 Å². The zero-order valence-electron chi connectivity index (χ0n) is 10.7. The normalized spacial score (nSPS) is 11.1. The lowest BCUT2D eigenvalue weighted by atomic mass is 10.2. The highest BCUT2D eigenvalue weighted by molar-refractivity contribution is 7.92. The quantitative estimate of drug-likeness (QED) is 0.883. The van der Waals surface area contributed by atoms with E-state index in [1.165, 1.54) is 6.07 Å². The van der Waals surface area contributed by atoms with E-state index in [1.807, 2.05) is 24.3 Å². The molecule has 0 aliphatic heterocycles. The van der Waals surface area contributed by atoms with Crippen molar-refractivity contribution in [3.63, 3.8) is 0 Å². The summed E-state index contributed by atoms with van der Waals surface area (Å²) in [6.45, 7) is 0.507. The molecule has 1 aromatic carbocycles. The van der Waals surface area contributed by atoms with Crippen molar-refractivity contribution < 1.29 is 8.42 Å². The van der Waals surface area contributed by atoms with E-state index in [-0.39, 0.29) is 5.82 Å². The minimum atomic E-state index is -3.34. The van der Waals surface area contributed by atoms with E-state index in [0.29, 0.717) is 17.4 Å². The molecule has 2 N–H and O–H groups in total. The highest BCUT2D eigenvalue weighted by Crippen LogP contribution is 2.16. The summed E-state index contributed by atoms with van der Waals surface area (Å²) in [6, 6.07) is 10.6. The summed E-state index contributed by atoms with van der Waals surface area (Å²) in [4.78, 5) is 0. The van der Waals surface area contributed by atoms with Crippen LogP contribution in [0.3, 0.4) is 0 Å². The van der Waals surface area contributed by atoms with Gasteiger partial charge in [-0.05, 0) is 23.8 Å². The lowest BCUT2D eigenvalue weighted by Crippen LogP contribution is -2.11. The number of sulfonamides is 1. The summed E-state index contributed by atoms with van der Waals surface area (Å²) in [6.07, 6.45) is 1.05. The minimum Gasteiger partial charge on any atom is -0.364 e. The molecule has 0 saturated carbocycles. The van der Waals surface area contributed by atoms with Gasteiger partial charge in [0, 0.05) is 11.6 Å². The molecule has 0 aliphatic rings. The van der Waals surface area contributed by atoms with Crippen LogP contribution in [0.15, 0.2) is 36.4 Å². The Morgan fingerprint density at radius 3 is 2.35 bits per heavy atom. The molecule has 2 rings (SSSR count). The molecule has 0 amide bonds. The van der Waals surface area contributed by atoms with Gasteiger partial charge in [-0.2, -0.15) is 0 Å². The molecule has 6 nitrogen and oxygen atoms in total. The van der Waals surface area contributed by atoms with Crippen molar-refractivity contribution in [2.24, 2.45) is 0 Å². The van der Waals surface area contributed by atoms with Gasteiger partial charge in [0.1, 0.15) is 5.82 Å². The molecule has 0 spiro atoms. The van der Waals surface area contributed by atoms with Gasteiger partial charge in [0.05, 0.1) is 6.26 Å². The van der Waals surface area contributed by atoms with E-state index < -0.39 is 10.0 Å². The van der Waals surface area contributed by atoms with Gasteiger partial charge in [0.25, 0.3) is 0 Å². The van der Waals surface area contributed by atoms with Crippen LogP contribution >= 0.6 is 11.6 Å². The van der Waals surface area contributed by atoms with Gasteiger partial charge in [-0.25, -0.2) is 8.42 Å². The van der Waals surface area contributed by atoms with Crippen molar-refractivity contribution in [2.75, 3.05) is 16.3 Å². The molecule has 1 aromatic heterocycles. The zero-order chi connectivity index (χ0) is 14.6. The molecule has 0 unspecified atom stereocenters. The molecule has 0 bridgehead atoms. The Kier molecular flexibility index (Phi) is 4.41. The topological polar surface area (TPSA) is 84.0 Å². The van der Waals surface area contributed by atoms with Crippen molar-refractivity contribution >= 4 is 33.3 Å². The largest absolute Gasteiger partial charge is 0.364 e. The number of nitrogens with one attached hydrogen (secondary N) is 2. The molecule has 0 radical (unpaired) electrons. The molecular weight excluding hydrogens is 300 g/mol. The molecule has 20 heavy (non-hydrogen) atoms. The van der Waals surface area contributed by atoms with Gasteiger partial charge in [0.15, 0.2) is 5.82 Å². The number of aromatic nitrogens is 2. The Labute approximate surface area is 122 Å². The van der Waals surface area contributed by atoms with Gasteiger partial charge in [-0.3, -0.25) is 4.72 Å². The summed E-state index contributed by atoms with van der Waals surface area (Å²) < 4.78 is 24.3. The van der Waals surface area contributed by atoms with Crippen molar-refractivity contribution in [1.82, 2.24) is 10.2 Å². The first kappa shape index (κ1) is 14.5. The molecule has 0 aliphatic carbocycles. The van der Waals surface area contributed by atoms with Gasteiger partial charge in [0.2, 0.25) is 10.0 Å². The van der Waals surface area contributed by atoms with Crippen molar-refractivity contribution in [1.29, 1.82) is 0 Å². The van der Waals surface area contributed by atoms with E-state index in [9.17, 15) is 8.42 Å². The Hall–Kier alpha value is -1.86. The van der Waals surface area contributed by atoms with Crippen LogP contribution in [-0.4, -0.2) is 24.9 Å². The Morgan fingerprint density at radius 2 is 1.75 bits per heavy atom. The third-order valence-corrected chi connectivity index (χ3v) is 3.32. The monoisotopic (exact) mass is 312 g/mol. The number of hydrogen-bond acceptors (Lipinski definition) is 5. The highest BCUT2D eigenvalue weighted by Gasteiger charge is 2.04. The average molecular weight is 313 g/mol. The maximum Gasteiger partial charge on any atom is 0.231 e. The predicted molar refractivity (Wildman–Crippen MR) is 79.3 cm³/mol. The van der Waals surface area contributed by atoms with Crippen LogP contribution in [0.5, 0.6) is 0 Å². The molecule has 0 atom stereocenters. The van der Waals surface area contributed by atoms with Crippen LogP contribution in [0.2, 0.25) is 5.02 Å². The maximum atomic E-state index is 11.0. The number of anilines is 2. The summed E-state index contributed by atoms with van der Waals surface area (Å²) in [5.74, 6) is 0.708. The number of hydrogen-bond donors (Lipinski definition) is 2. The second kappa shape index (κ2) is 6.06. The number of halogens is 1. The minimum absolute atomic E-state index is 0.177. The van der Waals surface area contributed by atoms with Crippen molar-refractivity contribution in [3.8, 4) is 0 Å². The lowest BCUT2D eigenvalue weighted by molar-refractivity contribution is 0.606. The number of benzene rings is 1. The average Bonchev–Trinajstić information content (AvgIpc) is 2.38. The molecule has 0 saturated heterocycles. The SMILES string of the molecule is CS(=O)(=O)Nc1ccc(NCc2ccccc2Cl)nn1. The fourth-order valence-corrected chi connectivity index (χ4v) is 2.19. The molecule has 8 heteroatoms. The van der Waals surface area contributed by atoms with Crippen LogP contribution in [0, 0.1) is 0 Å². The van der Waals surface area contributed by atoms with Gasteiger partial charge >= 0.3 is 0 Å². The number of rotatable bonds is 5. The summed E-state index contributed by atoms with van der Waals surface area (Å²) in [7, 11) is -3.34. The van der Waals surface area contributed by atoms with E-state index in [0.717, 1.165) is 11.8 Å². The molecule has 106 valence electrons. The van der Waals surface area contributed by atoms with Crippen LogP contribution in [-0.2, 0) is 16.6 Å². The van der Waals surface area contributed by atoms with Crippen molar-refractivity contribution in [2.45, 2.75) is 6.54 Å². The summed E-state index contributed by atoms with van der Waals surface area (Å²) in [5, 5.41) is 11.4. The van der Waals surface area contributed by atoms with Crippen LogP contribution < -0.4 is 10.0 Å². The standard InChI is InChI=1S/C12H13ClN4O2S/c1-20(18,19)17-12-7-6-11(15-16-12)14-8-9-4-2-3-5-10(9)13/h2-7H,8H2,1H3,(H,14,15)(H,16,17). The Balaban J connectivity index is 1.99.